The van der Waals surface area contributed by atoms with Gasteiger partial charge in [-0.3, -0.25) is 10.8 Å². The van der Waals surface area contributed by atoms with Crippen LogP contribution in [-0.2, 0) is 16.6 Å². The van der Waals surface area contributed by atoms with Gasteiger partial charge in [0.15, 0.2) is 0 Å². The summed E-state index contributed by atoms with van der Waals surface area (Å²) in [5.41, 5.74) is 3.09. The van der Waals surface area contributed by atoms with E-state index in [0.717, 1.165) is 0 Å². The molecular formula is C10H12N6O2S. The first-order valence-electron chi connectivity index (χ1n) is 5.30. The van der Waals surface area contributed by atoms with Crippen LogP contribution in [0.25, 0.3) is 0 Å². The SMILES string of the molecule is NNc1ccncc1S(=O)(=O)NCc1cccnn1. The number of aromatic nitrogens is 3. The number of hydrogen-bond acceptors (Lipinski definition) is 7. The van der Waals surface area contributed by atoms with Crippen LogP contribution < -0.4 is 16.0 Å². The molecule has 8 nitrogen and oxygen atoms in total. The number of nitrogens with zero attached hydrogens (tertiary/aromatic N) is 3. The van der Waals surface area contributed by atoms with Crippen molar-refractivity contribution in [2.75, 3.05) is 5.43 Å². The van der Waals surface area contributed by atoms with Gasteiger partial charge in [0.05, 0.1) is 17.9 Å². The summed E-state index contributed by atoms with van der Waals surface area (Å²) in [6.45, 7) is 0.0368. The second-order valence-electron chi connectivity index (χ2n) is 3.56. The van der Waals surface area contributed by atoms with Crippen LogP contribution >= 0.6 is 0 Å². The molecule has 0 atom stereocenters. The zero-order valence-corrected chi connectivity index (χ0v) is 10.6. The molecule has 0 saturated carbocycles. The van der Waals surface area contributed by atoms with Crippen LogP contribution in [0.3, 0.4) is 0 Å². The van der Waals surface area contributed by atoms with Crippen molar-refractivity contribution in [3.8, 4) is 0 Å². The number of pyridine rings is 1. The maximum atomic E-state index is 12.1. The molecule has 0 radical (unpaired) electrons. The summed E-state index contributed by atoms with van der Waals surface area (Å²) >= 11 is 0. The molecule has 0 unspecified atom stereocenters. The highest BCUT2D eigenvalue weighted by Crippen LogP contribution is 2.18. The van der Waals surface area contributed by atoms with E-state index in [2.05, 4.69) is 25.3 Å². The highest BCUT2D eigenvalue weighted by Gasteiger charge is 2.18. The molecule has 2 aromatic rings. The number of hydrazine groups is 1. The molecule has 2 heterocycles. The molecule has 0 saturated heterocycles. The summed E-state index contributed by atoms with van der Waals surface area (Å²) < 4.78 is 26.6. The number of nitrogens with one attached hydrogen (secondary N) is 2. The van der Waals surface area contributed by atoms with Gasteiger partial charge < -0.3 is 5.43 Å². The number of rotatable bonds is 5. The normalized spacial score (nSPS) is 11.2. The molecule has 0 spiro atoms. The molecule has 0 aliphatic rings. The van der Waals surface area contributed by atoms with Gasteiger partial charge in [-0.05, 0) is 18.2 Å². The standard InChI is InChI=1S/C10H12N6O2S/c11-15-9-3-5-12-7-10(9)19(17,18)14-6-8-2-1-4-13-16-8/h1-5,7,14H,6,11H2,(H,12,15). The number of anilines is 1. The fraction of sp³-hybridized carbons (Fsp3) is 0.100. The van der Waals surface area contributed by atoms with Gasteiger partial charge in [-0.15, -0.1) is 0 Å². The molecule has 2 rings (SSSR count). The van der Waals surface area contributed by atoms with Crippen LogP contribution in [0, 0.1) is 0 Å². The Kier molecular flexibility index (Phi) is 4.00. The van der Waals surface area contributed by atoms with Crippen molar-refractivity contribution < 1.29 is 8.42 Å². The first-order chi connectivity index (χ1) is 9.13. The summed E-state index contributed by atoms with van der Waals surface area (Å²) in [6, 6.07) is 4.81. The minimum Gasteiger partial charge on any atom is -0.323 e. The third kappa shape index (κ3) is 3.22. The molecule has 4 N–H and O–H groups in total. The van der Waals surface area contributed by atoms with E-state index in [1.165, 1.54) is 24.7 Å². The molecule has 0 bridgehead atoms. The van der Waals surface area contributed by atoms with E-state index in [0.29, 0.717) is 5.69 Å². The summed E-state index contributed by atoms with van der Waals surface area (Å²) in [4.78, 5) is 3.75. The zero-order valence-electron chi connectivity index (χ0n) is 9.81. The van der Waals surface area contributed by atoms with Crippen molar-refractivity contribution in [3.63, 3.8) is 0 Å². The largest absolute Gasteiger partial charge is 0.323 e. The Morgan fingerprint density at radius 1 is 1.26 bits per heavy atom. The summed E-state index contributed by atoms with van der Waals surface area (Å²) in [5.74, 6) is 5.26. The summed E-state index contributed by atoms with van der Waals surface area (Å²) in [5, 5.41) is 7.45. The summed E-state index contributed by atoms with van der Waals surface area (Å²) in [6.07, 6.45) is 4.17. The number of sulfonamides is 1. The molecule has 9 heteroatoms. The van der Waals surface area contributed by atoms with Gasteiger partial charge in [-0.25, -0.2) is 13.1 Å². The van der Waals surface area contributed by atoms with Gasteiger partial charge in [0, 0.05) is 18.6 Å². The smallest absolute Gasteiger partial charge is 0.244 e. The van der Waals surface area contributed by atoms with E-state index in [1.54, 1.807) is 12.1 Å². The predicted octanol–water partition coefficient (Wildman–Crippen LogP) is -0.364. The second-order valence-corrected chi connectivity index (χ2v) is 5.29. The molecule has 0 aliphatic heterocycles. The van der Waals surface area contributed by atoms with Crippen LogP contribution in [0.4, 0.5) is 5.69 Å². The average Bonchev–Trinajstić information content (AvgIpc) is 2.46. The Labute approximate surface area is 110 Å². The highest BCUT2D eigenvalue weighted by atomic mass is 32.2. The highest BCUT2D eigenvalue weighted by molar-refractivity contribution is 7.89. The van der Waals surface area contributed by atoms with Gasteiger partial charge in [0.1, 0.15) is 4.90 Å². The summed E-state index contributed by atoms with van der Waals surface area (Å²) in [7, 11) is -3.72. The molecule has 100 valence electrons. The maximum Gasteiger partial charge on any atom is 0.244 e. The van der Waals surface area contributed by atoms with E-state index in [4.69, 9.17) is 5.84 Å². The molecule has 19 heavy (non-hydrogen) atoms. The Bertz CT molecular complexity index is 646. The fourth-order valence-corrected chi connectivity index (χ4v) is 2.50. The Hall–Kier alpha value is -2.10. The van der Waals surface area contributed by atoms with Gasteiger partial charge in [-0.2, -0.15) is 10.2 Å². The van der Waals surface area contributed by atoms with Crippen molar-refractivity contribution >= 4 is 15.7 Å². The molecular weight excluding hydrogens is 268 g/mol. The number of nitrogen functional groups attached to an aromatic ring is 1. The van der Waals surface area contributed by atoms with E-state index in [1.807, 2.05) is 0 Å². The van der Waals surface area contributed by atoms with Gasteiger partial charge in [-0.1, -0.05) is 0 Å². The van der Waals surface area contributed by atoms with Crippen LogP contribution in [0.5, 0.6) is 0 Å². The quantitative estimate of drug-likeness (QED) is 0.504. The van der Waals surface area contributed by atoms with Crippen LogP contribution in [0.1, 0.15) is 5.69 Å². The van der Waals surface area contributed by atoms with Crippen molar-refractivity contribution in [1.82, 2.24) is 19.9 Å². The topological polar surface area (TPSA) is 123 Å². The van der Waals surface area contributed by atoms with Crippen molar-refractivity contribution in [2.24, 2.45) is 5.84 Å². The van der Waals surface area contributed by atoms with Crippen LogP contribution in [-0.4, -0.2) is 23.6 Å². The monoisotopic (exact) mass is 280 g/mol. The zero-order chi connectivity index (χ0) is 13.7. The first-order valence-corrected chi connectivity index (χ1v) is 6.78. The van der Waals surface area contributed by atoms with E-state index in [9.17, 15) is 8.42 Å². The Balaban J connectivity index is 2.19. The lowest BCUT2D eigenvalue weighted by molar-refractivity contribution is 0.580. The van der Waals surface area contributed by atoms with Crippen LogP contribution in [0.2, 0.25) is 0 Å². The van der Waals surface area contributed by atoms with Gasteiger partial charge >= 0.3 is 0 Å². The Morgan fingerprint density at radius 2 is 2.11 bits per heavy atom. The molecule has 0 aliphatic carbocycles. The maximum absolute atomic E-state index is 12.1. The third-order valence-corrected chi connectivity index (χ3v) is 3.73. The lowest BCUT2D eigenvalue weighted by atomic mass is 10.4. The van der Waals surface area contributed by atoms with E-state index < -0.39 is 10.0 Å². The predicted molar refractivity (Wildman–Crippen MR) is 68.1 cm³/mol. The van der Waals surface area contributed by atoms with Crippen molar-refractivity contribution in [2.45, 2.75) is 11.4 Å². The number of hydrogen-bond donors (Lipinski definition) is 3. The molecule has 0 aromatic carbocycles. The molecule has 0 fully saturated rings. The van der Waals surface area contributed by atoms with Crippen molar-refractivity contribution in [1.29, 1.82) is 0 Å². The molecule has 0 amide bonds. The third-order valence-electron chi connectivity index (χ3n) is 2.30. The second kappa shape index (κ2) is 5.69. The van der Waals surface area contributed by atoms with Crippen LogP contribution in [0.15, 0.2) is 41.7 Å². The Morgan fingerprint density at radius 3 is 2.79 bits per heavy atom. The lowest BCUT2D eigenvalue weighted by Crippen LogP contribution is -2.25. The first kappa shape index (κ1) is 13.3. The number of nitrogens with two attached hydrogens (primary N) is 1. The van der Waals surface area contributed by atoms with E-state index >= 15 is 0 Å². The minimum absolute atomic E-state index is 0.0265. The van der Waals surface area contributed by atoms with Gasteiger partial charge in [0.25, 0.3) is 0 Å². The van der Waals surface area contributed by atoms with Gasteiger partial charge in [0.2, 0.25) is 10.0 Å². The average molecular weight is 280 g/mol. The minimum atomic E-state index is -3.72. The lowest BCUT2D eigenvalue weighted by Gasteiger charge is -2.09. The molecule has 2 aromatic heterocycles. The fourth-order valence-electron chi connectivity index (χ4n) is 1.39. The van der Waals surface area contributed by atoms with E-state index in [-0.39, 0.29) is 17.1 Å². The van der Waals surface area contributed by atoms with Crippen molar-refractivity contribution in [3.05, 3.63) is 42.5 Å².